The molecule has 24 heavy (non-hydrogen) atoms. The van der Waals surface area contributed by atoms with Crippen LogP contribution < -0.4 is 5.69 Å². The second-order valence-corrected chi connectivity index (χ2v) is 5.87. The molecule has 2 aromatic heterocycles. The monoisotopic (exact) mass is 360 g/mol. The van der Waals surface area contributed by atoms with Crippen molar-refractivity contribution in [3.05, 3.63) is 75.4 Å². The van der Waals surface area contributed by atoms with Gasteiger partial charge in [-0.25, -0.2) is 14.0 Å². The van der Waals surface area contributed by atoms with Crippen LogP contribution in [0.3, 0.4) is 0 Å². The summed E-state index contributed by atoms with van der Waals surface area (Å²) in [7, 11) is 0. The first-order valence-corrected chi connectivity index (χ1v) is 8.04. The summed E-state index contributed by atoms with van der Waals surface area (Å²) >= 11 is 12.2. The topological polar surface area (TPSA) is 52.7 Å². The number of nitrogens with zero attached hydrogens (tertiary/aromatic N) is 4. The third-order valence-corrected chi connectivity index (χ3v) is 4.00. The normalized spacial score (nSPS) is 11.3. The Morgan fingerprint density at radius 3 is 2.58 bits per heavy atom. The molecule has 0 N–H and O–H groups in total. The second-order valence-electron chi connectivity index (χ2n) is 5.02. The van der Waals surface area contributed by atoms with E-state index in [1.54, 1.807) is 36.5 Å². The predicted octanol–water partition coefficient (Wildman–Crippen LogP) is 3.98. The molecule has 0 spiro atoms. The maximum atomic E-state index is 12.8. The van der Waals surface area contributed by atoms with Gasteiger partial charge >= 0.3 is 5.69 Å². The molecule has 0 atom stereocenters. The van der Waals surface area contributed by atoms with Crippen LogP contribution in [-0.4, -0.2) is 19.3 Å². The molecule has 0 aliphatic rings. The lowest BCUT2D eigenvalue weighted by Gasteiger charge is -2.06. The molecule has 1 aromatic carbocycles. The highest BCUT2D eigenvalue weighted by molar-refractivity contribution is 6.33. The Balaban J connectivity index is 2.25. The highest BCUT2D eigenvalue weighted by Crippen LogP contribution is 2.26. The first-order chi connectivity index (χ1) is 11.6. The van der Waals surface area contributed by atoms with Gasteiger partial charge < -0.3 is 0 Å². The van der Waals surface area contributed by atoms with E-state index in [0.717, 1.165) is 0 Å². The highest BCUT2D eigenvalue weighted by Gasteiger charge is 2.18. The number of hydrogen-bond acceptors (Lipinski definition) is 3. The Hall–Kier alpha value is -2.37. The molecule has 0 aliphatic heterocycles. The van der Waals surface area contributed by atoms with Crippen LogP contribution in [0.25, 0.3) is 17.1 Å². The third kappa shape index (κ3) is 3.13. The quantitative estimate of drug-likeness (QED) is 0.661. The Bertz CT molecular complexity index is 942. The Kier molecular flexibility index (Phi) is 4.83. The van der Waals surface area contributed by atoms with Gasteiger partial charge in [0.05, 0.1) is 17.3 Å². The zero-order valence-corrected chi connectivity index (χ0v) is 14.4. The fourth-order valence-corrected chi connectivity index (χ4v) is 2.62. The number of allylic oxidation sites excluding steroid dienone is 2. The van der Waals surface area contributed by atoms with Gasteiger partial charge in [0.25, 0.3) is 0 Å². The van der Waals surface area contributed by atoms with Gasteiger partial charge in [0.2, 0.25) is 0 Å². The number of pyridine rings is 1. The molecule has 0 amide bonds. The standard InChI is InChI=1S/C17H14Cl2N4O/c1-2-3-10-22-17(24)23(13-6-4-12(18)5-7-13)16(21-22)14-8-9-20-11-15(14)19/h2-9,11H,10H2,1H3/b3-2+. The van der Waals surface area contributed by atoms with Gasteiger partial charge in [-0.3, -0.25) is 4.98 Å². The molecular weight excluding hydrogens is 347 g/mol. The molecule has 0 saturated heterocycles. The lowest BCUT2D eigenvalue weighted by atomic mass is 10.2. The minimum Gasteiger partial charge on any atom is -0.263 e. The van der Waals surface area contributed by atoms with Crippen molar-refractivity contribution in [2.45, 2.75) is 13.5 Å². The van der Waals surface area contributed by atoms with Crippen LogP contribution in [0.15, 0.2) is 59.7 Å². The Morgan fingerprint density at radius 1 is 1.17 bits per heavy atom. The Morgan fingerprint density at radius 2 is 1.92 bits per heavy atom. The Labute approximate surface area is 148 Å². The number of benzene rings is 1. The van der Waals surface area contributed by atoms with E-state index < -0.39 is 0 Å². The zero-order valence-electron chi connectivity index (χ0n) is 12.9. The van der Waals surface area contributed by atoms with E-state index in [2.05, 4.69) is 10.1 Å². The van der Waals surface area contributed by atoms with Crippen LogP contribution in [-0.2, 0) is 6.54 Å². The highest BCUT2D eigenvalue weighted by atomic mass is 35.5. The van der Waals surface area contributed by atoms with Gasteiger partial charge in [0, 0.05) is 23.0 Å². The van der Waals surface area contributed by atoms with Crippen molar-refractivity contribution >= 4 is 23.2 Å². The molecule has 0 fully saturated rings. The summed E-state index contributed by atoms with van der Waals surface area (Å²) in [6.07, 6.45) is 6.87. The minimum atomic E-state index is -0.252. The molecule has 7 heteroatoms. The van der Waals surface area contributed by atoms with Crippen LogP contribution in [0.5, 0.6) is 0 Å². The largest absolute Gasteiger partial charge is 0.351 e. The smallest absolute Gasteiger partial charge is 0.263 e. The summed E-state index contributed by atoms with van der Waals surface area (Å²) < 4.78 is 2.90. The van der Waals surface area contributed by atoms with Crippen molar-refractivity contribution in [1.82, 2.24) is 19.3 Å². The van der Waals surface area contributed by atoms with Crippen LogP contribution >= 0.6 is 23.2 Å². The molecular formula is C17H14Cl2N4O. The first-order valence-electron chi connectivity index (χ1n) is 7.28. The molecule has 122 valence electrons. The van der Waals surface area contributed by atoms with E-state index in [0.29, 0.717) is 33.7 Å². The van der Waals surface area contributed by atoms with E-state index in [4.69, 9.17) is 23.2 Å². The van der Waals surface area contributed by atoms with Gasteiger partial charge in [0.15, 0.2) is 5.82 Å². The summed E-state index contributed by atoms with van der Waals surface area (Å²) in [6.45, 7) is 2.27. The van der Waals surface area contributed by atoms with Crippen molar-refractivity contribution in [3.63, 3.8) is 0 Å². The summed E-state index contributed by atoms with van der Waals surface area (Å²) in [6, 6.07) is 8.72. The number of halogens is 2. The number of rotatable bonds is 4. The molecule has 0 bridgehead atoms. The fourth-order valence-electron chi connectivity index (χ4n) is 2.29. The van der Waals surface area contributed by atoms with Gasteiger partial charge in [-0.15, -0.1) is 5.10 Å². The average molecular weight is 361 g/mol. The fraction of sp³-hybridized carbons (Fsp3) is 0.118. The second kappa shape index (κ2) is 7.03. The van der Waals surface area contributed by atoms with Crippen LogP contribution in [0.4, 0.5) is 0 Å². The molecule has 2 heterocycles. The lowest BCUT2D eigenvalue weighted by molar-refractivity contribution is 0.667. The van der Waals surface area contributed by atoms with Crippen LogP contribution in [0, 0.1) is 0 Å². The summed E-state index contributed by atoms with van der Waals surface area (Å²) in [5.41, 5.74) is 1.05. The van der Waals surface area contributed by atoms with Crippen molar-refractivity contribution in [2.24, 2.45) is 0 Å². The molecule has 0 saturated carbocycles. The zero-order chi connectivity index (χ0) is 17.1. The molecule has 5 nitrogen and oxygen atoms in total. The molecule has 3 rings (SSSR count). The maximum Gasteiger partial charge on any atom is 0.351 e. The molecule has 3 aromatic rings. The third-order valence-electron chi connectivity index (χ3n) is 3.45. The number of aromatic nitrogens is 4. The number of hydrogen-bond donors (Lipinski definition) is 0. The van der Waals surface area contributed by atoms with Crippen LogP contribution in [0.2, 0.25) is 10.0 Å². The van der Waals surface area contributed by atoms with Gasteiger partial charge in [-0.1, -0.05) is 35.4 Å². The van der Waals surface area contributed by atoms with E-state index in [9.17, 15) is 4.79 Å². The SMILES string of the molecule is C/C=C/Cn1nc(-c2ccncc2Cl)n(-c2ccc(Cl)cc2)c1=O. The van der Waals surface area contributed by atoms with Crippen molar-refractivity contribution in [2.75, 3.05) is 0 Å². The van der Waals surface area contributed by atoms with Crippen LogP contribution in [0.1, 0.15) is 6.92 Å². The molecule has 0 unspecified atom stereocenters. The van der Waals surface area contributed by atoms with Crippen molar-refractivity contribution in [1.29, 1.82) is 0 Å². The van der Waals surface area contributed by atoms with Crippen molar-refractivity contribution < 1.29 is 0 Å². The summed E-state index contributed by atoms with van der Waals surface area (Å²) in [5, 5.41) is 5.47. The van der Waals surface area contributed by atoms with Gasteiger partial charge in [-0.2, -0.15) is 0 Å². The molecule has 0 aliphatic carbocycles. The van der Waals surface area contributed by atoms with E-state index >= 15 is 0 Å². The maximum absolute atomic E-state index is 12.8. The van der Waals surface area contributed by atoms with Gasteiger partial charge in [-0.05, 0) is 37.3 Å². The van der Waals surface area contributed by atoms with Gasteiger partial charge in [0.1, 0.15) is 0 Å². The van der Waals surface area contributed by atoms with E-state index in [-0.39, 0.29) is 5.69 Å². The average Bonchev–Trinajstić information content (AvgIpc) is 2.91. The predicted molar refractivity (Wildman–Crippen MR) is 95.9 cm³/mol. The summed E-state index contributed by atoms with van der Waals surface area (Å²) in [4.78, 5) is 16.8. The summed E-state index contributed by atoms with van der Waals surface area (Å²) in [5.74, 6) is 0.458. The first kappa shape index (κ1) is 16.5. The molecule has 0 radical (unpaired) electrons. The van der Waals surface area contributed by atoms with Crippen molar-refractivity contribution in [3.8, 4) is 17.1 Å². The minimum absolute atomic E-state index is 0.252. The lowest BCUT2D eigenvalue weighted by Crippen LogP contribution is -2.23. The van der Waals surface area contributed by atoms with E-state index in [1.807, 2.05) is 19.1 Å². The van der Waals surface area contributed by atoms with E-state index in [1.165, 1.54) is 15.4 Å².